The Hall–Kier alpha value is -1.92. The molecule has 0 amide bonds. The van der Waals surface area contributed by atoms with Gasteiger partial charge in [-0.2, -0.15) is 0 Å². The van der Waals surface area contributed by atoms with Crippen molar-refractivity contribution < 1.29 is 19.8 Å². The smallest absolute Gasteiger partial charge is 0.337 e. The summed E-state index contributed by atoms with van der Waals surface area (Å²) in [6, 6.07) is 13.2. The first-order valence-electron chi connectivity index (χ1n) is 6.14. The van der Waals surface area contributed by atoms with E-state index in [1.54, 1.807) is 48.5 Å². The minimum atomic E-state index is -1.31. The first-order valence-corrected chi connectivity index (χ1v) is 7.72. The number of hydrogen-bond donors (Lipinski definition) is 2. The van der Waals surface area contributed by atoms with Crippen LogP contribution in [0.2, 0.25) is 0 Å². The molecule has 0 spiro atoms. The van der Waals surface area contributed by atoms with E-state index in [4.69, 9.17) is 0 Å². The van der Waals surface area contributed by atoms with Crippen LogP contribution in [0.5, 0.6) is 0 Å². The summed E-state index contributed by atoms with van der Waals surface area (Å²) in [7, 11) is 0. The lowest BCUT2D eigenvalue weighted by molar-refractivity contribution is -0.132. The summed E-state index contributed by atoms with van der Waals surface area (Å²) in [4.78, 5) is 23.5. The fourth-order valence-electron chi connectivity index (χ4n) is 2.04. The van der Waals surface area contributed by atoms with Gasteiger partial charge >= 0.3 is 11.9 Å². The molecule has 2 aromatic carbocycles. The van der Waals surface area contributed by atoms with Crippen LogP contribution in [0.1, 0.15) is 11.1 Å². The second kappa shape index (κ2) is 6.89. The van der Waals surface area contributed by atoms with Gasteiger partial charge in [0.05, 0.1) is 11.1 Å². The maximum absolute atomic E-state index is 11.7. The second-order valence-electron chi connectivity index (χ2n) is 4.32. The third kappa shape index (κ3) is 3.28. The fourth-order valence-corrected chi connectivity index (χ4v) is 3.01. The van der Waals surface area contributed by atoms with Crippen LogP contribution in [0.25, 0.3) is 11.1 Å². The molecule has 2 rings (SSSR count). The summed E-state index contributed by atoms with van der Waals surface area (Å²) in [5, 5.41) is 19.1. The van der Waals surface area contributed by atoms with Gasteiger partial charge in [0.15, 0.2) is 0 Å². The molecule has 0 atom stereocenters. The van der Waals surface area contributed by atoms with Crippen LogP contribution in [0, 0.1) is 0 Å². The van der Waals surface area contributed by atoms with Gasteiger partial charge in [0, 0.05) is 20.1 Å². The Bertz CT molecular complexity index is 716. The molecule has 0 saturated carbocycles. The van der Waals surface area contributed by atoms with Crippen molar-refractivity contribution in [2.75, 3.05) is 0 Å². The van der Waals surface area contributed by atoms with Gasteiger partial charge in [0.2, 0.25) is 0 Å². The highest BCUT2D eigenvalue weighted by Crippen LogP contribution is 2.34. The molecular formula is C16H10Br2O4. The molecule has 0 fully saturated rings. The molecule has 0 heterocycles. The molecule has 0 aromatic heterocycles. The second-order valence-corrected chi connectivity index (χ2v) is 6.03. The fraction of sp³-hybridized carbons (Fsp3) is 0. The molecule has 0 bridgehead atoms. The lowest BCUT2D eigenvalue weighted by atomic mass is 9.94. The molecule has 0 aliphatic rings. The van der Waals surface area contributed by atoms with Crippen LogP contribution >= 0.6 is 31.9 Å². The molecule has 2 N–H and O–H groups in total. The number of rotatable bonds is 4. The summed E-state index contributed by atoms with van der Waals surface area (Å²) in [6.45, 7) is 0. The molecule has 0 unspecified atom stereocenters. The van der Waals surface area contributed by atoms with Crippen LogP contribution in [-0.4, -0.2) is 22.2 Å². The zero-order chi connectivity index (χ0) is 16.3. The average Bonchev–Trinajstić information content (AvgIpc) is 2.46. The number of carboxylic acid groups (broad SMARTS) is 2. The van der Waals surface area contributed by atoms with Crippen molar-refractivity contribution in [2.45, 2.75) is 0 Å². The van der Waals surface area contributed by atoms with Crippen molar-refractivity contribution in [1.82, 2.24) is 0 Å². The van der Waals surface area contributed by atoms with Crippen LogP contribution in [0.4, 0.5) is 0 Å². The number of benzene rings is 2. The van der Waals surface area contributed by atoms with E-state index in [1.807, 2.05) is 0 Å². The molecule has 0 saturated heterocycles. The predicted molar refractivity (Wildman–Crippen MR) is 90.4 cm³/mol. The Balaban J connectivity index is 2.87. The van der Waals surface area contributed by atoms with Crippen LogP contribution in [0.3, 0.4) is 0 Å². The lowest BCUT2D eigenvalue weighted by Gasteiger charge is -2.12. The lowest BCUT2D eigenvalue weighted by Crippen LogP contribution is -2.11. The summed E-state index contributed by atoms with van der Waals surface area (Å²) in [6.07, 6.45) is 0. The van der Waals surface area contributed by atoms with Crippen LogP contribution < -0.4 is 0 Å². The van der Waals surface area contributed by atoms with Gasteiger partial charge in [0.25, 0.3) is 0 Å². The maximum atomic E-state index is 11.7. The molecule has 112 valence electrons. The van der Waals surface area contributed by atoms with Crippen LogP contribution in [-0.2, 0) is 9.59 Å². The topological polar surface area (TPSA) is 74.6 Å². The number of hydrogen-bond acceptors (Lipinski definition) is 2. The summed E-state index contributed by atoms with van der Waals surface area (Å²) >= 11 is 6.54. The molecule has 0 aliphatic heterocycles. The predicted octanol–water partition coefficient (Wildman–Crippen LogP) is 4.29. The molecule has 6 heteroatoms. The summed E-state index contributed by atoms with van der Waals surface area (Å²) in [5.41, 5.74) is 0.0741. The Morgan fingerprint density at radius 2 is 1.00 bits per heavy atom. The third-order valence-corrected chi connectivity index (χ3v) is 4.35. The monoisotopic (exact) mass is 424 g/mol. The highest BCUT2D eigenvalue weighted by molar-refractivity contribution is 9.10. The molecule has 0 radical (unpaired) electrons. The van der Waals surface area contributed by atoms with Gasteiger partial charge in [-0.05, 0) is 12.1 Å². The normalized spacial score (nSPS) is 11.7. The quantitative estimate of drug-likeness (QED) is 0.565. The number of aliphatic carboxylic acids is 2. The molecule has 4 nitrogen and oxygen atoms in total. The van der Waals surface area contributed by atoms with E-state index in [2.05, 4.69) is 31.9 Å². The largest absolute Gasteiger partial charge is 0.478 e. The molecule has 2 aromatic rings. The first-order chi connectivity index (χ1) is 10.4. The molecule has 0 aliphatic carbocycles. The van der Waals surface area contributed by atoms with Crippen molar-refractivity contribution in [1.29, 1.82) is 0 Å². The van der Waals surface area contributed by atoms with Crippen molar-refractivity contribution in [3.63, 3.8) is 0 Å². The van der Waals surface area contributed by atoms with Gasteiger partial charge in [-0.15, -0.1) is 0 Å². The van der Waals surface area contributed by atoms with Crippen molar-refractivity contribution in [3.05, 3.63) is 68.6 Å². The van der Waals surface area contributed by atoms with Gasteiger partial charge in [-0.1, -0.05) is 68.3 Å². The zero-order valence-corrected chi connectivity index (χ0v) is 14.3. The Morgan fingerprint density at radius 3 is 1.27 bits per heavy atom. The van der Waals surface area contributed by atoms with Crippen molar-refractivity contribution >= 4 is 54.9 Å². The van der Waals surface area contributed by atoms with Crippen molar-refractivity contribution in [2.24, 2.45) is 0 Å². The molecule has 22 heavy (non-hydrogen) atoms. The van der Waals surface area contributed by atoms with E-state index in [1.165, 1.54) is 0 Å². The minimum Gasteiger partial charge on any atom is -0.478 e. The van der Waals surface area contributed by atoms with Gasteiger partial charge < -0.3 is 10.2 Å². The summed E-state index contributed by atoms with van der Waals surface area (Å²) < 4.78 is 1.02. The Morgan fingerprint density at radius 1 is 0.682 bits per heavy atom. The van der Waals surface area contributed by atoms with Gasteiger partial charge in [-0.25, -0.2) is 9.59 Å². The highest BCUT2D eigenvalue weighted by atomic mass is 79.9. The van der Waals surface area contributed by atoms with E-state index in [-0.39, 0.29) is 11.1 Å². The maximum Gasteiger partial charge on any atom is 0.337 e. The van der Waals surface area contributed by atoms with E-state index < -0.39 is 11.9 Å². The van der Waals surface area contributed by atoms with Gasteiger partial charge in [0.1, 0.15) is 0 Å². The third-order valence-electron chi connectivity index (χ3n) is 2.96. The SMILES string of the molecule is O=C(O)/C(=C(/C(=O)O)c1ccccc1Br)c1ccccc1Br. The van der Waals surface area contributed by atoms with E-state index in [9.17, 15) is 19.8 Å². The number of carbonyl (C=O) groups is 2. The van der Waals surface area contributed by atoms with E-state index in [0.717, 1.165) is 0 Å². The number of carboxylic acids is 2. The zero-order valence-electron chi connectivity index (χ0n) is 11.1. The van der Waals surface area contributed by atoms with Crippen LogP contribution in [0.15, 0.2) is 57.5 Å². The van der Waals surface area contributed by atoms with Gasteiger partial charge in [-0.3, -0.25) is 0 Å². The standard InChI is InChI=1S/C16H10Br2O4/c17-11-7-3-1-5-9(11)13(15(19)20)14(16(21)22)10-6-2-4-8-12(10)18/h1-8H,(H,19,20)(H,21,22)/b14-13+. The Labute approximate surface area is 143 Å². The average molecular weight is 426 g/mol. The minimum absolute atomic E-state index is 0.271. The first kappa shape index (κ1) is 16.5. The van der Waals surface area contributed by atoms with E-state index >= 15 is 0 Å². The Kier molecular flexibility index (Phi) is 5.15. The summed E-state index contributed by atoms with van der Waals surface area (Å²) in [5.74, 6) is -2.61. The molecular weight excluding hydrogens is 416 g/mol. The van der Waals surface area contributed by atoms with Crippen molar-refractivity contribution in [3.8, 4) is 0 Å². The highest BCUT2D eigenvalue weighted by Gasteiger charge is 2.26. The number of halogens is 2. The van der Waals surface area contributed by atoms with E-state index in [0.29, 0.717) is 20.1 Å².